The van der Waals surface area contributed by atoms with Crippen LogP contribution in [0.5, 0.6) is 0 Å². The molecule has 18 heavy (non-hydrogen) atoms. The average molecular weight is 271 g/mol. The molecule has 0 spiro atoms. The maximum absolute atomic E-state index is 11.4. The Morgan fingerprint density at radius 1 is 1.61 bits per heavy atom. The molecule has 0 aliphatic heterocycles. The Morgan fingerprint density at radius 3 is 2.94 bits per heavy atom. The number of nitrogens with zero attached hydrogens (tertiary/aromatic N) is 2. The zero-order valence-electron chi connectivity index (χ0n) is 10.5. The molecule has 0 amide bonds. The Bertz CT molecular complexity index is 437. The van der Waals surface area contributed by atoms with Crippen molar-refractivity contribution in [3.8, 4) is 0 Å². The number of aliphatic carboxylic acids is 1. The van der Waals surface area contributed by atoms with Crippen LogP contribution in [0.4, 0.5) is 0 Å². The third-order valence-corrected chi connectivity index (χ3v) is 4.47. The first-order valence-corrected chi connectivity index (χ1v) is 6.83. The summed E-state index contributed by atoms with van der Waals surface area (Å²) in [5, 5.41) is 20.7. The van der Waals surface area contributed by atoms with E-state index in [9.17, 15) is 9.90 Å². The number of aryl methyl sites for hydroxylation is 1. The molecule has 2 unspecified atom stereocenters. The van der Waals surface area contributed by atoms with E-state index < -0.39 is 11.5 Å². The summed E-state index contributed by atoms with van der Waals surface area (Å²) in [6.45, 7) is 1.74. The van der Waals surface area contributed by atoms with Crippen molar-refractivity contribution in [2.45, 2.75) is 48.6 Å². The lowest BCUT2D eigenvalue weighted by Crippen LogP contribution is -2.53. The van der Waals surface area contributed by atoms with Gasteiger partial charge in [0.15, 0.2) is 0 Å². The van der Waals surface area contributed by atoms with E-state index in [4.69, 9.17) is 4.42 Å². The lowest BCUT2D eigenvalue weighted by molar-refractivity contribution is -0.146. The summed E-state index contributed by atoms with van der Waals surface area (Å²) < 4.78 is 5.32. The fraction of sp³-hybridized carbons (Fsp3) is 0.727. The van der Waals surface area contributed by atoms with E-state index in [1.165, 1.54) is 11.8 Å². The number of thioether (sulfide) groups is 1. The van der Waals surface area contributed by atoms with Crippen molar-refractivity contribution in [1.82, 2.24) is 15.5 Å². The van der Waals surface area contributed by atoms with Gasteiger partial charge in [0, 0.05) is 12.2 Å². The molecule has 1 fully saturated rings. The van der Waals surface area contributed by atoms with E-state index in [2.05, 4.69) is 15.5 Å². The molecule has 0 radical (unpaired) electrons. The van der Waals surface area contributed by atoms with E-state index in [0.717, 1.165) is 12.8 Å². The van der Waals surface area contributed by atoms with Gasteiger partial charge in [-0.05, 0) is 32.7 Å². The standard InChI is InChI=1S/C11H17N3O3S/c1-7-13-14-10(17-7)18-8-4-3-5-11(6-8,12-2)9(15)16/h8,12H,3-6H2,1-2H3,(H,15,16). The van der Waals surface area contributed by atoms with Gasteiger partial charge in [-0.15, -0.1) is 10.2 Å². The van der Waals surface area contributed by atoms with Gasteiger partial charge < -0.3 is 14.8 Å². The van der Waals surface area contributed by atoms with Crippen LogP contribution < -0.4 is 5.32 Å². The molecule has 0 saturated heterocycles. The van der Waals surface area contributed by atoms with Gasteiger partial charge in [-0.1, -0.05) is 11.8 Å². The fourth-order valence-corrected chi connectivity index (χ4v) is 3.52. The molecule has 1 aromatic rings. The third kappa shape index (κ3) is 2.67. The molecule has 2 rings (SSSR count). The van der Waals surface area contributed by atoms with E-state index in [-0.39, 0.29) is 5.25 Å². The Morgan fingerprint density at radius 2 is 2.39 bits per heavy atom. The third-order valence-electron chi connectivity index (χ3n) is 3.37. The van der Waals surface area contributed by atoms with Crippen molar-refractivity contribution >= 4 is 17.7 Å². The zero-order chi connectivity index (χ0) is 13.2. The lowest BCUT2D eigenvalue weighted by atomic mass is 9.81. The molecule has 2 atom stereocenters. The highest BCUT2D eigenvalue weighted by atomic mass is 32.2. The first-order valence-electron chi connectivity index (χ1n) is 5.95. The second kappa shape index (κ2) is 5.27. The highest BCUT2D eigenvalue weighted by Gasteiger charge is 2.42. The van der Waals surface area contributed by atoms with Crippen LogP contribution in [-0.2, 0) is 4.79 Å². The predicted molar refractivity (Wildman–Crippen MR) is 66.6 cm³/mol. The lowest BCUT2D eigenvalue weighted by Gasteiger charge is -2.36. The normalized spacial score (nSPS) is 28.2. The minimum atomic E-state index is -0.815. The molecule has 2 N–H and O–H groups in total. The Labute approximate surface area is 110 Å². The zero-order valence-corrected chi connectivity index (χ0v) is 11.3. The van der Waals surface area contributed by atoms with Crippen molar-refractivity contribution in [2.75, 3.05) is 7.05 Å². The number of carboxylic acids is 1. The van der Waals surface area contributed by atoms with E-state index in [0.29, 0.717) is 24.0 Å². The summed E-state index contributed by atoms with van der Waals surface area (Å²) in [7, 11) is 1.71. The van der Waals surface area contributed by atoms with Crippen molar-refractivity contribution in [3.05, 3.63) is 5.89 Å². The quantitative estimate of drug-likeness (QED) is 0.856. The van der Waals surface area contributed by atoms with Crippen LogP contribution in [0.15, 0.2) is 9.64 Å². The second-order valence-corrected chi connectivity index (χ2v) is 5.81. The van der Waals surface area contributed by atoms with Gasteiger partial charge in [0.2, 0.25) is 5.89 Å². The summed E-state index contributed by atoms with van der Waals surface area (Å²) >= 11 is 1.48. The molecule has 100 valence electrons. The molecule has 7 heteroatoms. The number of rotatable bonds is 4. The highest BCUT2D eigenvalue weighted by Crippen LogP contribution is 2.37. The molecule has 1 saturated carbocycles. The predicted octanol–water partition coefficient (Wildman–Crippen LogP) is 1.46. The minimum absolute atomic E-state index is 0.196. The molecule has 1 aliphatic rings. The average Bonchev–Trinajstić information content (AvgIpc) is 2.74. The fourth-order valence-electron chi connectivity index (χ4n) is 2.32. The van der Waals surface area contributed by atoms with Gasteiger partial charge in [-0.25, -0.2) is 0 Å². The number of carbonyl (C=O) groups is 1. The van der Waals surface area contributed by atoms with Crippen LogP contribution in [0.25, 0.3) is 0 Å². The topological polar surface area (TPSA) is 88.2 Å². The van der Waals surface area contributed by atoms with Crippen molar-refractivity contribution < 1.29 is 14.3 Å². The Kier molecular flexibility index (Phi) is 3.91. The number of aromatic nitrogens is 2. The first-order chi connectivity index (χ1) is 8.55. The van der Waals surface area contributed by atoms with Gasteiger partial charge in [0.25, 0.3) is 5.22 Å². The largest absolute Gasteiger partial charge is 0.480 e. The highest BCUT2D eigenvalue weighted by molar-refractivity contribution is 7.99. The summed E-state index contributed by atoms with van der Waals surface area (Å²) in [6, 6.07) is 0. The van der Waals surface area contributed by atoms with Crippen LogP contribution in [0.2, 0.25) is 0 Å². The number of carboxylic acid groups (broad SMARTS) is 1. The van der Waals surface area contributed by atoms with Crippen LogP contribution in [-0.4, -0.2) is 39.1 Å². The van der Waals surface area contributed by atoms with Crippen LogP contribution in [0.1, 0.15) is 31.6 Å². The Hall–Kier alpha value is -1.08. The first kappa shape index (κ1) is 13.4. The van der Waals surface area contributed by atoms with E-state index in [1.807, 2.05) is 0 Å². The van der Waals surface area contributed by atoms with Gasteiger partial charge in [-0.3, -0.25) is 4.79 Å². The van der Waals surface area contributed by atoms with Crippen molar-refractivity contribution in [3.63, 3.8) is 0 Å². The summed E-state index contributed by atoms with van der Waals surface area (Å²) in [5.74, 6) is -0.247. The van der Waals surface area contributed by atoms with Gasteiger partial charge in [0.1, 0.15) is 5.54 Å². The maximum Gasteiger partial charge on any atom is 0.323 e. The molecule has 1 heterocycles. The van der Waals surface area contributed by atoms with Gasteiger partial charge in [-0.2, -0.15) is 0 Å². The molecular weight excluding hydrogens is 254 g/mol. The molecule has 6 nitrogen and oxygen atoms in total. The second-order valence-electron chi connectivity index (χ2n) is 4.56. The van der Waals surface area contributed by atoms with Crippen LogP contribution in [0, 0.1) is 6.92 Å². The SMILES string of the molecule is CNC1(C(=O)O)CCCC(Sc2nnc(C)o2)C1. The molecule has 1 aromatic heterocycles. The molecule has 1 aliphatic carbocycles. The van der Waals surface area contributed by atoms with Crippen molar-refractivity contribution in [2.24, 2.45) is 0 Å². The number of likely N-dealkylation sites (N-methyl/N-ethyl adjacent to an activating group) is 1. The molecular formula is C11H17N3O3S. The summed E-state index contributed by atoms with van der Waals surface area (Å²) in [5.41, 5.74) is -0.815. The van der Waals surface area contributed by atoms with Crippen molar-refractivity contribution in [1.29, 1.82) is 0 Å². The van der Waals surface area contributed by atoms with Gasteiger partial charge in [0.05, 0.1) is 0 Å². The number of hydrogen-bond acceptors (Lipinski definition) is 6. The van der Waals surface area contributed by atoms with Crippen LogP contribution >= 0.6 is 11.8 Å². The minimum Gasteiger partial charge on any atom is -0.480 e. The monoisotopic (exact) mass is 271 g/mol. The van der Waals surface area contributed by atoms with Crippen LogP contribution in [0.3, 0.4) is 0 Å². The van der Waals surface area contributed by atoms with E-state index >= 15 is 0 Å². The van der Waals surface area contributed by atoms with E-state index in [1.54, 1.807) is 14.0 Å². The molecule has 0 aromatic carbocycles. The molecule has 0 bridgehead atoms. The Balaban J connectivity index is 2.04. The summed E-state index contributed by atoms with van der Waals surface area (Å²) in [4.78, 5) is 11.4. The van der Waals surface area contributed by atoms with Gasteiger partial charge >= 0.3 is 5.97 Å². The maximum atomic E-state index is 11.4. The number of nitrogens with one attached hydrogen (secondary N) is 1. The smallest absolute Gasteiger partial charge is 0.323 e. The number of hydrogen-bond donors (Lipinski definition) is 2. The summed E-state index contributed by atoms with van der Waals surface area (Å²) in [6.07, 6.45) is 3.10.